The van der Waals surface area contributed by atoms with E-state index in [2.05, 4.69) is 16.0 Å². The summed E-state index contributed by atoms with van der Waals surface area (Å²) in [6.45, 7) is 24.3. The largest absolute Gasteiger partial charge is 0.461 e. The van der Waals surface area contributed by atoms with E-state index in [9.17, 15) is 28.8 Å². The van der Waals surface area contributed by atoms with Crippen molar-refractivity contribution >= 4 is 71.4 Å². The maximum Gasteiger partial charge on any atom is 0.411 e. The molecule has 0 spiro atoms. The lowest BCUT2D eigenvalue weighted by atomic mass is 9.97. The van der Waals surface area contributed by atoms with Gasteiger partial charge in [0.1, 0.15) is 39.6 Å². The van der Waals surface area contributed by atoms with Crippen LogP contribution in [0.15, 0.2) is 89.5 Å². The van der Waals surface area contributed by atoms with Gasteiger partial charge in [-0.3, -0.25) is 29.8 Å². The van der Waals surface area contributed by atoms with Crippen LogP contribution in [0.5, 0.6) is 0 Å². The zero-order valence-electron chi connectivity index (χ0n) is 43.4. The Hall–Kier alpha value is -6.90. The van der Waals surface area contributed by atoms with Gasteiger partial charge in [-0.2, -0.15) is 0 Å². The van der Waals surface area contributed by atoms with Gasteiger partial charge in [-0.15, -0.1) is 0 Å². The summed E-state index contributed by atoms with van der Waals surface area (Å²) in [6, 6.07) is 21.5. The Labute approximate surface area is 413 Å². The van der Waals surface area contributed by atoms with E-state index < -0.39 is 57.7 Å². The van der Waals surface area contributed by atoms with E-state index in [0.29, 0.717) is 39.2 Å². The lowest BCUT2D eigenvalue weighted by molar-refractivity contribution is -0.154. The van der Waals surface area contributed by atoms with Crippen LogP contribution >= 0.6 is 0 Å². The van der Waals surface area contributed by atoms with E-state index in [1.807, 2.05) is 38.1 Å². The number of esters is 4. The SMILES string of the molecule is CC(C)Nc1ccc(C=C(COC(=O)Nc2ccc(C=C(COC(=O)C(C)(C)C)COC(=O)C(C)(C)C)cc2)COC(=O)Nc2ccc(C=C(COC(=O)C(C)(C)C)COC(=O)C(C)(C)C)cc2)cc1. The first-order valence-corrected chi connectivity index (χ1v) is 23.2. The lowest BCUT2D eigenvalue weighted by Gasteiger charge is -2.20. The second-order valence-electron chi connectivity index (χ2n) is 21.3. The van der Waals surface area contributed by atoms with E-state index in [1.165, 1.54) is 0 Å². The third kappa shape index (κ3) is 21.6. The van der Waals surface area contributed by atoms with E-state index in [-0.39, 0.29) is 45.7 Å². The van der Waals surface area contributed by atoms with Crippen molar-refractivity contribution in [3.8, 4) is 0 Å². The molecule has 15 nitrogen and oxygen atoms in total. The molecule has 0 saturated heterocycles. The minimum atomic E-state index is -0.754. The lowest BCUT2D eigenvalue weighted by Crippen LogP contribution is -2.26. The Kier molecular flexibility index (Phi) is 21.0. The summed E-state index contributed by atoms with van der Waals surface area (Å²) in [6.07, 6.45) is 3.77. The normalized spacial score (nSPS) is 11.5. The van der Waals surface area contributed by atoms with Gasteiger partial charge in [0, 0.05) is 39.8 Å². The zero-order valence-corrected chi connectivity index (χ0v) is 43.4. The zero-order chi connectivity index (χ0) is 52.5. The second kappa shape index (κ2) is 25.6. The van der Waals surface area contributed by atoms with Crippen molar-refractivity contribution in [3.63, 3.8) is 0 Å². The topological polar surface area (TPSA) is 194 Å². The molecule has 70 heavy (non-hydrogen) atoms. The fourth-order valence-electron chi connectivity index (χ4n) is 5.54. The Balaban J connectivity index is 1.72. The number of nitrogens with one attached hydrogen (secondary N) is 3. The molecule has 3 aromatic carbocycles. The number of carbonyl (C=O) groups is 6. The van der Waals surface area contributed by atoms with Crippen LogP contribution in [0.1, 0.15) is 114 Å². The predicted octanol–water partition coefficient (Wildman–Crippen LogP) is 11.5. The van der Waals surface area contributed by atoms with Crippen molar-refractivity contribution in [1.82, 2.24) is 0 Å². The third-order valence-electron chi connectivity index (χ3n) is 9.57. The van der Waals surface area contributed by atoms with Crippen molar-refractivity contribution in [2.24, 2.45) is 21.7 Å². The number of carbonyl (C=O) groups excluding carboxylic acids is 6. The summed E-state index contributed by atoms with van der Waals surface area (Å²) >= 11 is 0. The summed E-state index contributed by atoms with van der Waals surface area (Å²) in [5.74, 6) is -1.60. The molecule has 0 heterocycles. The monoisotopic (exact) mass is 968 g/mol. The molecule has 380 valence electrons. The van der Waals surface area contributed by atoms with Crippen LogP contribution in [-0.4, -0.2) is 81.7 Å². The van der Waals surface area contributed by atoms with Gasteiger partial charge >= 0.3 is 36.1 Å². The number of hydrogen-bond acceptors (Lipinski definition) is 13. The van der Waals surface area contributed by atoms with Crippen LogP contribution < -0.4 is 16.0 Å². The van der Waals surface area contributed by atoms with Crippen LogP contribution in [0.25, 0.3) is 18.2 Å². The fraction of sp³-hybridized carbons (Fsp3) is 0.455. The van der Waals surface area contributed by atoms with Gasteiger partial charge in [0.2, 0.25) is 0 Å². The van der Waals surface area contributed by atoms with E-state index in [0.717, 1.165) is 11.3 Å². The molecule has 0 saturated carbocycles. The number of benzene rings is 3. The van der Waals surface area contributed by atoms with E-state index in [4.69, 9.17) is 28.4 Å². The molecule has 3 N–H and O–H groups in total. The summed E-state index contributed by atoms with van der Waals surface area (Å²) in [5.41, 5.74) is 2.72. The molecule has 0 atom stereocenters. The predicted molar refractivity (Wildman–Crippen MR) is 274 cm³/mol. The van der Waals surface area contributed by atoms with Gasteiger partial charge in [0.25, 0.3) is 0 Å². The molecule has 0 radical (unpaired) electrons. The minimum absolute atomic E-state index is 0.0771. The van der Waals surface area contributed by atoms with Gasteiger partial charge in [-0.1, -0.05) is 36.4 Å². The number of anilines is 3. The summed E-state index contributed by atoms with van der Waals surface area (Å²) in [4.78, 5) is 76.1. The highest BCUT2D eigenvalue weighted by Crippen LogP contribution is 2.23. The Morgan fingerprint density at radius 3 is 0.843 bits per heavy atom. The molecule has 2 amide bonds. The minimum Gasteiger partial charge on any atom is -0.461 e. The van der Waals surface area contributed by atoms with Gasteiger partial charge in [0.15, 0.2) is 0 Å². The number of amides is 2. The van der Waals surface area contributed by atoms with Gasteiger partial charge in [-0.25, -0.2) is 9.59 Å². The molecular formula is C55H73N3O12. The first-order valence-electron chi connectivity index (χ1n) is 23.2. The maximum absolute atomic E-state index is 13.1. The molecule has 0 aliphatic carbocycles. The molecule has 0 aliphatic heterocycles. The molecule has 0 aromatic heterocycles. The van der Waals surface area contributed by atoms with Gasteiger partial charge < -0.3 is 33.7 Å². The van der Waals surface area contributed by atoms with Crippen molar-refractivity contribution < 1.29 is 57.2 Å². The highest BCUT2D eigenvalue weighted by atomic mass is 16.6. The van der Waals surface area contributed by atoms with Gasteiger partial charge in [-0.05, 0) is 168 Å². The van der Waals surface area contributed by atoms with Crippen molar-refractivity contribution in [1.29, 1.82) is 0 Å². The average Bonchev–Trinajstić information content (AvgIpc) is 3.26. The average molecular weight is 968 g/mol. The summed E-state index contributed by atoms with van der Waals surface area (Å²) in [7, 11) is 0. The number of hydrogen-bond donors (Lipinski definition) is 3. The van der Waals surface area contributed by atoms with Crippen molar-refractivity contribution in [3.05, 3.63) is 106 Å². The van der Waals surface area contributed by atoms with Crippen LogP contribution in [0, 0.1) is 21.7 Å². The molecule has 0 bridgehead atoms. The maximum atomic E-state index is 13.1. The fourth-order valence-corrected chi connectivity index (χ4v) is 5.54. The van der Waals surface area contributed by atoms with Crippen LogP contribution in [0.2, 0.25) is 0 Å². The van der Waals surface area contributed by atoms with E-state index >= 15 is 0 Å². The smallest absolute Gasteiger partial charge is 0.411 e. The third-order valence-corrected chi connectivity index (χ3v) is 9.57. The Bertz CT molecular complexity index is 2150. The standard InChI is InChI=1S/C55H73N3O12/c1-36(2)56-43-21-15-37(16-22-43)29-42(34-69-50(63)57-44-23-17-38(18-24-44)27-40(30-65-46(59)52(3,4)5)31-66-47(60)53(6,7)8)35-70-51(64)58-45-25-19-39(20-26-45)28-41(32-67-48(61)54(9,10)11)33-68-49(62)55(12,13)14/h15-29,36,56H,30-35H2,1-14H3,(H,57,63)(H,58,64). The molecule has 0 unspecified atom stereocenters. The summed E-state index contributed by atoms with van der Waals surface area (Å²) in [5, 5.41) is 8.75. The van der Waals surface area contributed by atoms with Crippen LogP contribution in [0.4, 0.5) is 26.7 Å². The summed E-state index contributed by atoms with van der Waals surface area (Å²) < 4.78 is 33.2. The molecular weight excluding hydrogens is 895 g/mol. The highest BCUT2D eigenvalue weighted by molar-refractivity contribution is 5.86. The Morgan fingerprint density at radius 1 is 0.386 bits per heavy atom. The van der Waals surface area contributed by atoms with Crippen LogP contribution in [-0.2, 0) is 47.6 Å². The number of rotatable bonds is 19. The molecule has 3 rings (SSSR count). The van der Waals surface area contributed by atoms with E-state index in [1.54, 1.807) is 150 Å². The highest BCUT2D eigenvalue weighted by Gasteiger charge is 2.27. The number of ether oxygens (including phenoxy) is 6. The van der Waals surface area contributed by atoms with Crippen LogP contribution in [0.3, 0.4) is 0 Å². The molecule has 15 heteroatoms. The van der Waals surface area contributed by atoms with Gasteiger partial charge in [0.05, 0.1) is 21.7 Å². The first-order chi connectivity index (χ1) is 32.5. The Morgan fingerprint density at radius 2 is 0.614 bits per heavy atom. The molecule has 3 aromatic rings. The molecule has 0 fully saturated rings. The van der Waals surface area contributed by atoms with Crippen molar-refractivity contribution in [2.75, 3.05) is 55.6 Å². The quantitative estimate of drug-likeness (QED) is 0.0759. The van der Waals surface area contributed by atoms with Crippen molar-refractivity contribution in [2.45, 2.75) is 103 Å². The molecule has 0 aliphatic rings. The second-order valence-corrected chi connectivity index (χ2v) is 21.3. The first kappa shape index (κ1) is 57.4.